The minimum absolute atomic E-state index is 0.00893. The van der Waals surface area contributed by atoms with Crippen molar-refractivity contribution in [2.24, 2.45) is 0 Å². The SMILES string of the molecule is CCOc1ccc(-c2nc(-c3ccc(OC)cc3O)nc(-c3c(C)cc(C)cc3C)n2)c(O)c1. The van der Waals surface area contributed by atoms with Gasteiger partial charge in [0, 0.05) is 17.7 Å². The van der Waals surface area contributed by atoms with Crippen LogP contribution in [-0.2, 0) is 0 Å². The second-order valence-corrected chi connectivity index (χ2v) is 8.07. The van der Waals surface area contributed by atoms with Gasteiger partial charge < -0.3 is 19.7 Å². The Morgan fingerprint density at radius 2 is 1.21 bits per heavy atom. The Morgan fingerprint density at radius 1 is 0.706 bits per heavy atom. The van der Waals surface area contributed by atoms with E-state index in [-0.39, 0.29) is 23.1 Å². The van der Waals surface area contributed by atoms with Crippen molar-refractivity contribution < 1.29 is 19.7 Å². The number of aromatic nitrogens is 3. The second kappa shape index (κ2) is 9.39. The number of ether oxygens (including phenoxy) is 2. The lowest BCUT2D eigenvalue weighted by molar-refractivity contribution is 0.338. The van der Waals surface area contributed by atoms with Crippen molar-refractivity contribution in [3.05, 3.63) is 65.2 Å². The van der Waals surface area contributed by atoms with E-state index < -0.39 is 0 Å². The van der Waals surface area contributed by atoms with Crippen LogP contribution in [0, 0.1) is 20.8 Å². The smallest absolute Gasteiger partial charge is 0.167 e. The minimum atomic E-state index is -0.0179. The summed E-state index contributed by atoms with van der Waals surface area (Å²) in [6.07, 6.45) is 0. The quantitative estimate of drug-likeness (QED) is 0.388. The molecule has 34 heavy (non-hydrogen) atoms. The zero-order chi connectivity index (χ0) is 24.4. The fraction of sp³-hybridized carbons (Fsp3) is 0.222. The van der Waals surface area contributed by atoms with Gasteiger partial charge in [-0.15, -0.1) is 0 Å². The van der Waals surface area contributed by atoms with Gasteiger partial charge in [0.1, 0.15) is 23.0 Å². The topological polar surface area (TPSA) is 97.6 Å². The van der Waals surface area contributed by atoms with E-state index in [0.717, 1.165) is 22.3 Å². The molecule has 1 heterocycles. The predicted molar refractivity (Wildman–Crippen MR) is 131 cm³/mol. The molecule has 0 aliphatic heterocycles. The second-order valence-electron chi connectivity index (χ2n) is 8.07. The zero-order valence-corrected chi connectivity index (χ0v) is 19.9. The van der Waals surface area contributed by atoms with Crippen molar-refractivity contribution in [1.82, 2.24) is 15.0 Å². The van der Waals surface area contributed by atoms with Gasteiger partial charge in [-0.25, -0.2) is 15.0 Å². The lowest BCUT2D eigenvalue weighted by Gasteiger charge is -2.14. The van der Waals surface area contributed by atoms with E-state index in [4.69, 9.17) is 19.4 Å². The van der Waals surface area contributed by atoms with Crippen molar-refractivity contribution in [3.63, 3.8) is 0 Å². The Bertz CT molecular complexity index is 1350. The fourth-order valence-corrected chi connectivity index (χ4v) is 4.05. The molecular formula is C27H27N3O4. The number of aromatic hydroxyl groups is 2. The van der Waals surface area contributed by atoms with E-state index in [1.165, 1.54) is 19.2 Å². The lowest BCUT2D eigenvalue weighted by Crippen LogP contribution is -2.03. The molecule has 7 nitrogen and oxygen atoms in total. The average molecular weight is 458 g/mol. The molecule has 0 fully saturated rings. The molecule has 1 aromatic heterocycles. The first-order valence-corrected chi connectivity index (χ1v) is 11.0. The van der Waals surface area contributed by atoms with Crippen LogP contribution in [0.25, 0.3) is 34.2 Å². The van der Waals surface area contributed by atoms with Crippen LogP contribution in [0.5, 0.6) is 23.0 Å². The summed E-state index contributed by atoms with van der Waals surface area (Å²) in [6, 6.07) is 14.1. The molecule has 4 aromatic rings. The average Bonchev–Trinajstić information content (AvgIpc) is 2.78. The molecule has 3 aromatic carbocycles. The largest absolute Gasteiger partial charge is 0.507 e. The van der Waals surface area contributed by atoms with Gasteiger partial charge in [0.2, 0.25) is 0 Å². The molecule has 0 aliphatic rings. The lowest BCUT2D eigenvalue weighted by atomic mass is 9.99. The molecule has 7 heteroatoms. The zero-order valence-electron chi connectivity index (χ0n) is 19.9. The van der Waals surface area contributed by atoms with Crippen LogP contribution < -0.4 is 9.47 Å². The first kappa shape index (κ1) is 23.0. The summed E-state index contributed by atoms with van der Waals surface area (Å²) in [6.45, 7) is 8.43. The van der Waals surface area contributed by atoms with E-state index in [0.29, 0.717) is 35.1 Å². The van der Waals surface area contributed by atoms with Crippen LogP contribution in [-0.4, -0.2) is 38.9 Å². The normalized spacial score (nSPS) is 10.9. The van der Waals surface area contributed by atoms with E-state index in [9.17, 15) is 10.2 Å². The van der Waals surface area contributed by atoms with Gasteiger partial charge in [0.05, 0.1) is 24.8 Å². The van der Waals surface area contributed by atoms with E-state index >= 15 is 0 Å². The summed E-state index contributed by atoms with van der Waals surface area (Å²) >= 11 is 0. The number of phenolic OH excluding ortho intramolecular Hbond substituents is 2. The van der Waals surface area contributed by atoms with Gasteiger partial charge >= 0.3 is 0 Å². The number of hydrogen-bond donors (Lipinski definition) is 2. The molecule has 2 N–H and O–H groups in total. The van der Waals surface area contributed by atoms with Crippen molar-refractivity contribution in [2.75, 3.05) is 13.7 Å². The van der Waals surface area contributed by atoms with Gasteiger partial charge in [0.25, 0.3) is 0 Å². The summed E-state index contributed by atoms with van der Waals surface area (Å²) in [7, 11) is 1.53. The first-order valence-electron chi connectivity index (χ1n) is 11.0. The highest BCUT2D eigenvalue weighted by molar-refractivity contribution is 5.74. The molecule has 0 saturated carbocycles. The maximum absolute atomic E-state index is 10.7. The highest BCUT2D eigenvalue weighted by atomic mass is 16.5. The van der Waals surface area contributed by atoms with Crippen molar-refractivity contribution in [2.45, 2.75) is 27.7 Å². The van der Waals surface area contributed by atoms with Crippen LogP contribution >= 0.6 is 0 Å². The van der Waals surface area contributed by atoms with Crippen molar-refractivity contribution in [3.8, 4) is 57.2 Å². The third kappa shape index (κ3) is 4.50. The number of methoxy groups -OCH3 is 1. The minimum Gasteiger partial charge on any atom is -0.507 e. The third-order valence-electron chi connectivity index (χ3n) is 5.50. The highest BCUT2D eigenvalue weighted by Gasteiger charge is 2.19. The molecule has 174 valence electrons. The maximum atomic E-state index is 10.7. The molecule has 0 bridgehead atoms. The van der Waals surface area contributed by atoms with E-state index in [1.807, 2.05) is 27.7 Å². The van der Waals surface area contributed by atoms with Crippen LogP contribution in [0.1, 0.15) is 23.6 Å². The number of benzene rings is 3. The number of phenols is 2. The fourth-order valence-electron chi connectivity index (χ4n) is 4.05. The molecule has 0 atom stereocenters. The summed E-state index contributed by atoms with van der Waals surface area (Å²) in [5.41, 5.74) is 4.94. The summed E-state index contributed by atoms with van der Waals surface area (Å²) < 4.78 is 10.7. The van der Waals surface area contributed by atoms with E-state index in [1.54, 1.807) is 24.3 Å². The van der Waals surface area contributed by atoms with Crippen LogP contribution in [0.4, 0.5) is 0 Å². The maximum Gasteiger partial charge on any atom is 0.167 e. The third-order valence-corrected chi connectivity index (χ3v) is 5.50. The molecule has 0 saturated heterocycles. The van der Waals surface area contributed by atoms with E-state index in [2.05, 4.69) is 17.1 Å². The Kier molecular flexibility index (Phi) is 6.36. The van der Waals surface area contributed by atoms with Gasteiger partial charge in [-0.2, -0.15) is 0 Å². The Hall–Kier alpha value is -4.13. The first-order chi connectivity index (χ1) is 16.3. The Morgan fingerprint density at radius 3 is 1.71 bits per heavy atom. The number of rotatable bonds is 6. The predicted octanol–water partition coefficient (Wildman–Crippen LogP) is 5.62. The summed E-state index contributed by atoms with van der Waals surface area (Å²) in [4.78, 5) is 14.0. The van der Waals surface area contributed by atoms with Crippen LogP contribution in [0.15, 0.2) is 48.5 Å². The standard InChI is InChI=1S/C27H27N3O4/c1-6-34-19-8-10-21(23(32)14-19)26-28-25(20-9-7-18(33-5)13-22(20)31)29-27(30-26)24-16(3)11-15(2)12-17(24)4/h7-14,31-32H,6H2,1-5H3. The number of hydrogen-bond acceptors (Lipinski definition) is 7. The number of nitrogens with zero attached hydrogens (tertiary/aromatic N) is 3. The molecule has 0 aliphatic carbocycles. The molecule has 0 radical (unpaired) electrons. The molecular weight excluding hydrogens is 430 g/mol. The Labute approximate surface area is 198 Å². The highest BCUT2D eigenvalue weighted by Crippen LogP contribution is 2.36. The molecule has 0 amide bonds. The summed E-state index contributed by atoms with van der Waals surface area (Å²) in [5.74, 6) is 2.07. The monoisotopic (exact) mass is 457 g/mol. The van der Waals surface area contributed by atoms with Gasteiger partial charge in [0.15, 0.2) is 17.5 Å². The van der Waals surface area contributed by atoms with Gasteiger partial charge in [-0.3, -0.25) is 0 Å². The molecule has 4 rings (SSSR count). The van der Waals surface area contributed by atoms with Crippen LogP contribution in [0.2, 0.25) is 0 Å². The number of aryl methyl sites for hydroxylation is 3. The van der Waals surface area contributed by atoms with Crippen molar-refractivity contribution in [1.29, 1.82) is 0 Å². The summed E-state index contributed by atoms with van der Waals surface area (Å²) in [5, 5.41) is 21.4. The van der Waals surface area contributed by atoms with Gasteiger partial charge in [-0.1, -0.05) is 17.7 Å². The Balaban J connectivity index is 1.96. The molecule has 0 spiro atoms. The van der Waals surface area contributed by atoms with Gasteiger partial charge in [-0.05, 0) is 63.1 Å². The van der Waals surface area contributed by atoms with Crippen LogP contribution in [0.3, 0.4) is 0 Å². The molecule has 0 unspecified atom stereocenters. The van der Waals surface area contributed by atoms with Crippen molar-refractivity contribution >= 4 is 0 Å².